The third-order valence-electron chi connectivity index (χ3n) is 2.72. The highest BCUT2D eigenvalue weighted by Crippen LogP contribution is 2.23. The van der Waals surface area contributed by atoms with Crippen LogP contribution in [0.25, 0.3) is 11.3 Å². The SMILES string of the molecule is Cc1c(C(=O)O)cc(-c2cccnc2)n1C. The number of nitrogens with zero attached hydrogens (tertiary/aromatic N) is 2. The van der Waals surface area contributed by atoms with Crippen molar-refractivity contribution in [1.82, 2.24) is 9.55 Å². The molecule has 0 aromatic carbocycles. The summed E-state index contributed by atoms with van der Waals surface area (Å²) in [6, 6.07) is 5.42. The van der Waals surface area contributed by atoms with Gasteiger partial charge in [0.05, 0.1) is 11.3 Å². The largest absolute Gasteiger partial charge is 0.478 e. The summed E-state index contributed by atoms with van der Waals surface area (Å²) >= 11 is 0. The van der Waals surface area contributed by atoms with Crippen LogP contribution < -0.4 is 0 Å². The highest BCUT2D eigenvalue weighted by molar-refractivity contribution is 5.91. The molecule has 0 amide bonds. The van der Waals surface area contributed by atoms with Crippen LogP contribution in [0.4, 0.5) is 0 Å². The summed E-state index contributed by atoms with van der Waals surface area (Å²) in [4.78, 5) is 15.0. The summed E-state index contributed by atoms with van der Waals surface area (Å²) in [5.41, 5.74) is 2.86. The maximum Gasteiger partial charge on any atom is 0.337 e. The Kier molecular flexibility index (Phi) is 2.48. The molecule has 16 heavy (non-hydrogen) atoms. The second-order valence-corrected chi connectivity index (χ2v) is 3.63. The standard InChI is InChI=1S/C12H12N2O2/c1-8-10(12(15)16)6-11(14(8)2)9-4-3-5-13-7-9/h3-7H,1-2H3,(H,15,16). The molecule has 0 radical (unpaired) electrons. The fraction of sp³-hybridized carbons (Fsp3) is 0.167. The molecule has 82 valence electrons. The Hall–Kier alpha value is -2.10. The van der Waals surface area contributed by atoms with E-state index in [0.717, 1.165) is 17.0 Å². The zero-order valence-corrected chi connectivity index (χ0v) is 9.14. The van der Waals surface area contributed by atoms with Gasteiger partial charge in [-0.3, -0.25) is 4.98 Å². The maximum atomic E-state index is 11.0. The van der Waals surface area contributed by atoms with E-state index in [1.165, 1.54) is 0 Å². The van der Waals surface area contributed by atoms with Gasteiger partial charge in [0.15, 0.2) is 0 Å². The molecule has 2 heterocycles. The molecule has 2 aromatic heterocycles. The Balaban J connectivity index is 2.60. The number of carbonyl (C=O) groups is 1. The van der Waals surface area contributed by atoms with E-state index in [2.05, 4.69) is 4.98 Å². The van der Waals surface area contributed by atoms with Gasteiger partial charge in [-0.25, -0.2) is 4.79 Å². The van der Waals surface area contributed by atoms with Crippen molar-refractivity contribution in [2.45, 2.75) is 6.92 Å². The minimum absolute atomic E-state index is 0.335. The molecule has 0 bridgehead atoms. The molecule has 0 aliphatic heterocycles. The third kappa shape index (κ3) is 1.58. The first-order valence-corrected chi connectivity index (χ1v) is 4.91. The maximum absolute atomic E-state index is 11.0. The van der Waals surface area contributed by atoms with Gasteiger partial charge in [-0.1, -0.05) is 0 Å². The summed E-state index contributed by atoms with van der Waals surface area (Å²) < 4.78 is 1.86. The summed E-state index contributed by atoms with van der Waals surface area (Å²) in [5, 5.41) is 9.02. The van der Waals surface area contributed by atoms with E-state index >= 15 is 0 Å². The summed E-state index contributed by atoms with van der Waals surface area (Å²) in [6.07, 6.45) is 3.41. The molecule has 4 nitrogen and oxygen atoms in total. The Labute approximate surface area is 93.2 Å². The van der Waals surface area contributed by atoms with Crippen molar-refractivity contribution < 1.29 is 9.90 Å². The van der Waals surface area contributed by atoms with Crippen LogP contribution in [0.5, 0.6) is 0 Å². The van der Waals surface area contributed by atoms with E-state index in [9.17, 15) is 4.79 Å². The van der Waals surface area contributed by atoms with Crippen molar-refractivity contribution in [2.24, 2.45) is 7.05 Å². The van der Waals surface area contributed by atoms with Crippen LogP contribution in [-0.2, 0) is 7.05 Å². The number of aromatic carboxylic acids is 1. The first kappa shape index (κ1) is 10.4. The fourth-order valence-electron chi connectivity index (χ4n) is 1.71. The molecule has 0 saturated heterocycles. The van der Waals surface area contributed by atoms with E-state index in [0.29, 0.717) is 5.56 Å². The van der Waals surface area contributed by atoms with Crippen LogP contribution in [0.1, 0.15) is 16.1 Å². The quantitative estimate of drug-likeness (QED) is 0.836. The van der Waals surface area contributed by atoms with Crippen molar-refractivity contribution >= 4 is 5.97 Å². The Morgan fingerprint density at radius 2 is 2.25 bits per heavy atom. The van der Waals surface area contributed by atoms with Crippen LogP contribution in [0, 0.1) is 6.92 Å². The van der Waals surface area contributed by atoms with Gasteiger partial charge in [0, 0.05) is 30.7 Å². The number of rotatable bonds is 2. The van der Waals surface area contributed by atoms with E-state index in [4.69, 9.17) is 5.11 Å². The topological polar surface area (TPSA) is 55.1 Å². The van der Waals surface area contributed by atoms with Gasteiger partial charge in [-0.2, -0.15) is 0 Å². The van der Waals surface area contributed by atoms with Gasteiger partial charge < -0.3 is 9.67 Å². The zero-order chi connectivity index (χ0) is 11.7. The first-order chi connectivity index (χ1) is 7.61. The van der Waals surface area contributed by atoms with Crippen LogP contribution in [0.15, 0.2) is 30.6 Å². The highest BCUT2D eigenvalue weighted by atomic mass is 16.4. The molecule has 0 fully saturated rings. The van der Waals surface area contributed by atoms with E-state index in [1.807, 2.05) is 23.7 Å². The zero-order valence-electron chi connectivity index (χ0n) is 9.14. The van der Waals surface area contributed by atoms with Gasteiger partial charge in [0.1, 0.15) is 0 Å². The molecule has 2 rings (SSSR count). The fourth-order valence-corrected chi connectivity index (χ4v) is 1.71. The minimum Gasteiger partial charge on any atom is -0.478 e. The predicted molar refractivity (Wildman–Crippen MR) is 60.3 cm³/mol. The van der Waals surface area contributed by atoms with Crippen LogP contribution in [0.3, 0.4) is 0 Å². The van der Waals surface area contributed by atoms with Gasteiger partial charge in [-0.05, 0) is 25.1 Å². The third-order valence-corrected chi connectivity index (χ3v) is 2.72. The molecule has 4 heteroatoms. The van der Waals surface area contributed by atoms with Crippen molar-refractivity contribution in [3.8, 4) is 11.3 Å². The van der Waals surface area contributed by atoms with E-state index < -0.39 is 5.97 Å². The lowest BCUT2D eigenvalue weighted by Crippen LogP contribution is -1.99. The molecule has 2 aromatic rings. The van der Waals surface area contributed by atoms with Gasteiger partial charge >= 0.3 is 5.97 Å². The lowest BCUT2D eigenvalue weighted by atomic mass is 10.2. The van der Waals surface area contributed by atoms with E-state index in [-0.39, 0.29) is 0 Å². The number of aromatic nitrogens is 2. The van der Waals surface area contributed by atoms with Crippen molar-refractivity contribution in [2.75, 3.05) is 0 Å². The number of carboxylic acid groups (broad SMARTS) is 1. The average molecular weight is 216 g/mol. The van der Waals surface area contributed by atoms with Gasteiger partial charge in [0.25, 0.3) is 0 Å². The minimum atomic E-state index is -0.900. The molecule has 0 spiro atoms. The lowest BCUT2D eigenvalue weighted by Gasteiger charge is -2.03. The van der Waals surface area contributed by atoms with Crippen LogP contribution >= 0.6 is 0 Å². The van der Waals surface area contributed by atoms with E-state index in [1.54, 1.807) is 25.4 Å². The normalized spacial score (nSPS) is 10.4. The second kappa shape index (κ2) is 3.81. The number of hydrogen-bond acceptors (Lipinski definition) is 2. The first-order valence-electron chi connectivity index (χ1n) is 4.91. The second-order valence-electron chi connectivity index (χ2n) is 3.63. The number of carboxylic acids is 1. The number of hydrogen-bond donors (Lipinski definition) is 1. The highest BCUT2D eigenvalue weighted by Gasteiger charge is 2.15. The van der Waals surface area contributed by atoms with Crippen LogP contribution in [0.2, 0.25) is 0 Å². The smallest absolute Gasteiger partial charge is 0.337 e. The molecule has 1 N–H and O–H groups in total. The van der Waals surface area contributed by atoms with Crippen molar-refractivity contribution in [3.63, 3.8) is 0 Å². The molecule has 0 saturated carbocycles. The molecule has 0 unspecified atom stereocenters. The van der Waals surface area contributed by atoms with Crippen molar-refractivity contribution in [3.05, 3.63) is 41.9 Å². The molecular formula is C12H12N2O2. The number of pyridine rings is 1. The molecule has 0 aliphatic carbocycles. The molecule has 0 aliphatic rings. The van der Waals surface area contributed by atoms with Crippen LogP contribution in [-0.4, -0.2) is 20.6 Å². The lowest BCUT2D eigenvalue weighted by molar-refractivity contribution is 0.0696. The van der Waals surface area contributed by atoms with Crippen molar-refractivity contribution in [1.29, 1.82) is 0 Å². The molecule has 0 atom stereocenters. The Bertz CT molecular complexity index is 529. The summed E-state index contributed by atoms with van der Waals surface area (Å²) in [7, 11) is 1.85. The Morgan fingerprint density at radius 3 is 2.75 bits per heavy atom. The van der Waals surface area contributed by atoms with Gasteiger partial charge in [-0.15, -0.1) is 0 Å². The molecular weight excluding hydrogens is 204 g/mol. The average Bonchev–Trinajstić information content (AvgIpc) is 2.58. The summed E-state index contributed by atoms with van der Waals surface area (Å²) in [5.74, 6) is -0.900. The Morgan fingerprint density at radius 1 is 1.50 bits per heavy atom. The predicted octanol–water partition coefficient (Wildman–Crippen LogP) is 2.09. The van der Waals surface area contributed by atoms with Gasteiger partial charge in [0.2, 0.25) is 0 Å². The monoisotopic (exact) mass is 216 g/mol. The summed E-state index contributed by atoms with van der Waals surface area (Å²) in [6.45, 7) is 1.79.